The fourth-order valence-corrected chi connectivity index (χ4v) is 4.88. The Morgan fingerprint density at radius 3 is 2.52 bits per heavy atom. The molecular formula is C24H32N8O. The molecule has 3 aromatic rings. The number of likely N-dealkylation sites (N-methyl/N-ethyl adjacent to an activating group) is 1. The van der Waals surface area contributed by atoms with Crippen LogP contribution >= 0.6 is 0 Å². The van der Waals surface area contributed by atoms with Gasteiger partial charge in [-0.3, -0.25) is 14.4 Å². The minimum absolute atomic E-state index is 0.102. The molecule has 174 valence electrons. The zero-order valence-electron chi connectivity index (χ0n) is 19.4. The van der Waals surface area contributed by atoms with Gasteiger partial charge in [-0.1, -0.05) is 30.5 Å². The third kappa shape index (κ3) is 4.89. The largest absolute Gasteiger partial charge is 0.335 e. The second-order valence-electron chi connectivity index (χ2n) is 9.41. The van der Waals surface area contributed by atoms with Crippen molar-refractivity contribution in [3.05, 3.63) is 36.2 Å². The molecule has 1 N–H and O–H groups in total. The maximum absolute atomic E-state index is 13.2. The monoisotopic (exact) mass is 448 g/mol. The number of rotatable bonds is 5. The quantitative estimate of drug-likeness (QED) is 0.641. The number of aryl methyl sites for hydroxylation is 1. The summed E-state index contributed by atoms with van der Waals surface area (Å²) < 4.78 is 1.69. The number of fused-ring (bicyclic) bond motifs is 1. The zero-order chi connectivity index (χ0) is 22.8. The van der Waals surface area contributed by atoms with Gasteiger partial charge in [0.1, 0.15) is 17.6 Å². The fraction of sp³-hybridized carbons (Fsp3) is 0.542. The van der Waals surface area contributed by atoms with Crippen LogP contribution in [0.4, 0.5) is 0 Å². The van der Waals surface area contributed by atoms with Crippen molar-refractivity contribution in [2.75, 3.05) is 33.2 Å². The van der Waals surface area contributed by atoms with E-state index >= 15 is 0 Å². The standard InChI is InChI=1S/C24H32N8O/c1-30-10-12-32(13-11-30)23(25-24(33)17-6-4-3-5-7-17)21-15-19-14-18(8-9-20(19)26-27-21)22-16-31(2)29-28-22/h8-9,14-17,23H,3-7,10-13H2,1-2H3,(H,25,33). The molecule has 9 nitrogen and oxygen atoms in total. The Kier molecular flexibility index (Phi) is 6.32. The van der Waals surface area contributed by atoms with Crippen LogP contribution in [-0.4, -0.2) is 74.1 Å². The highest BCUT2D eigenvalue weighted by atomic mass is 16.2. The van der Waals surface area contributed by atoms with Gasteiger partial charge < -0.3 is 10.2 Å². The number of carbonyl (C=O) groups is 1. The number of nitrogens with zero attached hydrogens (tertiary/aromatic N) is 7. The van der Waals surface area contributed by atoms with Crippen LogP contribution in [-0.2, 0) is 11.8 Å². The van der Waals surface area contributed by atoms with Crippen LogP contribution in [0.1, 0.15) is 44.0 Å². The fourth-order valence-electron chi connectivity index (χ4n) is 4.88. The first-order chi connectivity index (χ1) is 16.1. The second kappa shape index (κ2) is 9.52. The molecule has 3 heterocycles. The topological polar surface area (TPSA) is 92.1 Å². The minimum Gasteiger partial charge on any atom is -0.335 e. The molecule has 1 saturated heterocycles. The van der Waals surface area contributed by atoms with E-state index in [4.69, 9.17) is 0 Å². The van der Waals surface area contributed by atoms with Crippen molar-refractivity contribution in [2.24, 2.45) is 13.0 Å². The number of amides is 1. The predicted molar refractivity (Wildman–Crippen MR) is 126 cm³/mol. The van der Waals surface area contributed by atoms with Gasteiger partial charge >= 0.3 is 0 Å². The molecule has 1 amide bonds. The van der Waals surface area contributed by atoms with E-state index < -0.39 is 0 Å². The molecule has 5 rings (SSSR count). The van der Waals surface area contributed by atoms with Crippen LogP contribution in [0.2, 0.25) is 0 Å². The Bertz CT molecular complexity index is 1110. The first-order valence-electron chi connectivity index (χ1n) is 11.9. The van der Waals surface area contributed by atoms with Crippen LogP contribution in [0, 0.1) is 5.92 Å². The molecule has 0 spiro atoms. The van der Waals surface area contributed by atoms with Gasteiger partial charge in [0.2, 0.25) is 5.91 Å². The lowest BCUT2D eigenvalue weighted by atomic mass is 9.88. The molecule has 2 aliphatic rings. The highest BCUT2D eigenvalue weighted by Gasteiger charge is 2.30. The number of benzene rings is 1. The van der Waals surface area contributed by atoms with Crippen LogP contribution in [0.3, 0.4) is 0 Å². The molecule has 1 aliphatic carbocycles. The molecule has 2 aromatic heterocycles. The van der Waals surface area contributed by atoms with E-state index in [9.17, 15) is 4.79 Å². The van der Waals surface area contributed by atoms with E-state index in [1.54, 1.807) is 4.68 Å². The van der Waals surface area contributed by atoms with Crippen molar-refractivity contribution in [1.82, 2.24) is 40.3 Å². The molecule has 1 unspecified atom stereocenters. The van der Waals surface area contributed by atoms with Gasteiger partial charge in [-0.05, 0) is 38.1 Å². The molecule has 1 saturated carbocycles. The summed E-state index contributed by atoms with van der Waals surface area (Å²) in [6, 6.07) is 8.08. The average Bonchev–Trinajstić information content (AvgIpc) is 3.29. The lowest BCUT2D eigenvalue weighted by Gasteiger charge is -2.38. The number of hydrogen-bond donors (Lipinski definition) is 1. The number of aromatic nitrogens is 5. The predicted octanol–water partition coefficient (Wildman–Crippen LogP) is 2.37. The van der Waals surface area contributed by atoms with Crippen molar-refractivity contribution < 1.29 is 4.79 Å². The summed E-state index contributed by atoms with van der Waals surface area (Å²) in [4.78, 5) is 17.8. The summed E-state index contributed by atoms with van der Waals surface area (Å²) >= 11 is 0. The summed E-state index contributed by atoms with van der Waals surface area (Å²) in [5.74, 6) is 0.249. The Hall–Kier alpha value is -2.91. The summed E-state index contributed by atoms with van der Waals surface area (Å²) in [7, 11) is 3.99. The number of carbonyl (C=O) groups excluding carboxylic acids is 1. The lowest BCUT2D eigenvalue weighted by molar-refractivity contribution is -0.128. The maximum atomic E-state index is 13.2. The van der Waals surface area contributed by atoms with Crippen molar-refractivity contribution >= 4 is 16.8 Å². The van der Waals surface area contributed by atoms with Gasteiger partial charge in [0.05, 0.1) is 11.7 Å². The Balaban J connectivity index is 1.46. The van der Waals surface area contributed by atoms with E-state index in [2.05, 4.69) is 54.8 Å². The zero-order valence-corrected chi connectivity index (χ0v) is 19.4. The van der Waals surface area contributed by atoms with Gasteiger partial charge in [-0.25, -0.2) is 0 Å². The molecule has 0 radical (unpaired) electrons. The van der Waals surface area contributed by atoms with E-state index in [1.165, 1.54) is 6.42 Å². The van der Waals surface area contributed by atoms with Crippen LogP contribution in [0.25, 0.3) is 22.2 Å². The van der Waals surface area contributed by atoms with E-state index in [0.717, 1.165) is 79.7 Å². The first kappa shape index (κ1) is 21.9. The third-order valence-corrected chi connectivity index (χ3v) is 6.94. The lowest BCUT2D eigenvalue weighted by Crippen LogP contribution is -2.51. The molecule has 0 bridgehead atoms. The van der Waals surface area contributed by atoms with E-state index in [1.807, 2.05) is 25.4 Å². The molecular weight excluding hydrogens is 416 g/mol. The van der Waals surface area contributed by atoms with Gasteiger partial charge in [-0.2, -0.15) is 10.2 Å². The summed E-state index contributed by atoms with van der Waals surface area (Å²) in [5.41, 5.74) is 3.41. The SMILES string of the molecule is CN1CCN(C(NC(=O)C2CCCCC2)c2cc3cc(-c4cn(C)nn4)ccc3nn2)CC1. The van der Waals surface area contributed by atoms with Gasteiger partial charge in [0.15, 0.2) is 0 Å². The first-order valence-corrected chi connectivity index (χ1v) is 11.9. The van der Waals surface area contributed by atoms with Crippen LogP contribution in [0.15, 0.2) is 30.5 Å². The van der Waals surface area contributed by atoms with E-state index in [-0.39, 0.29) is 18.0 Å². The summed E-state index contributed by atoms with van der Waals surface area (Å²) in [5, 5.41) is 21.6. The smallest absolute Gasteiger partial charge is 0.224 e. The third-order valence-electron chi connectivity index (χ3n) is 6.94. The van der Waals surface area contributed by atoms with Crippen molar-refractivity contribution in [3.63, 3.8) is 0 Å². The van der Waals surface area contributed by atoms with Crippen LogP contribution in [0.5, 0.6) is 0 Å². The molecule has 1 atom stereocenters. The highest BCUT2D eigenvalue weighted by molar-refractivity contribution is 5.84. The molecule has 1 aliphatic heterocycles. The Morgan fingerprint density at radius 1 is 1.00 bits per heavy atom. The minimum atomic E-state index is -0.273. The Labute approximate surface area is 194 Å². The normalized spacial score (nSPS) is 19.6. The van der Waals surface area contributed by atoms with E-state index in [0.29, 0.717) is 0 Å². The van der Waals surface area contributed by atoms with Gasteiger partial charge in [0.25, 0.3) is 0 Å². The Morgan fingerprint density at radius 2 is 1.79 bits per heavy atom. The van der Waals surface area contributed by atoms with Gasteiger partial charge in [0, 0.05) is 50.1 Å². The molecule has 2 fully saturated rings. The van der Waals surface area contributed by atoms with Crippen LogP contribution < -0.4 is 5.32 Å². The number of hydrogen-bond acceptors (Lipinski definition) is 7. The maximum Gasteiger partial charge on any atom is 0.224 e. The second-order valence-corrected chi connectivity index (χ2v) is 9.41. The summed E-state index contributed by atoms with van der Waals surface area (Å²) in [6.45, 7) is 3.69. The van der Waals surface area contributed by atoms with Crippen molar-refractivity contribution in [1.29, 1.82) is 0 Å². The molecule has 1 aromatic carbocycles. The van der Waals surface area contributed by atoms with Gasteiger partial charge in [-0.15, -0.1) is 5.10 Å². The van der Waals surface area contributed by atoms with Crippen molar-refractivity contribution in [2.45, 2.75) is 38.3 Å². The highest BCUT2D eigenvalue weighted by Crippen LogP contribution is 2.27. The van der Waals surface area contributed by atoms with Crippen molar-refractivity contribution in [3.8, 4) is 11.3 Å². The number of piperazine rings is 1. The average molecular weight is 449 g/mol. The molecule has 33 heavy (non-hydrogen) atoms. The molecule has 9 heteroatoms. The summed E-state index contributed by atoms with van der Waals surface area (Å²) in [6.07, 6.45) is 7.09. The number of nitrogens with one attached hydrogen (secondary N) is 1.